The van der Waals surface area contributed by atoms with Crippen LogP contribution in [0.3, 0.4) is 0 Å². The second-order valence-electron chi connectivity index (χ2n) is 17.6. The third-order valence-electron chi connectivity index (χ3n) is 10.3. The first kappa shape index (κ1) is 50.9. The van der Waals surface area contributed by atoms with Gasteiger partial charge in [-0.25, -0.2) is 0 Å². The Labute approximate surface area is 313 Å². The minimum absolute atomic E-state index is 0.690. The molecule has 0 amide bonds. The van der Waals surface area contributed by atoms with Gasteiger partial charge < -0.3 is 14.7 Å². The molecule has 2 rings (SSSR count). The van der Waals surface area contributed by atoms with Crippen LogP contribution in [0.4, 0.5) is 0 Å². The highest BCUT2D eigenvalue weighted by Gasteiger charge is 2.25. The van der Waals surface area contributed by atoms with Crippen LogP contribution in [0, 0.1) is 17.8 Å². The summed E-state index contributed by atoms with van der Waals surface area (Å²) >= 11 is 0. The van der Waals surface area contributed by atoms with E-state index in [1.165, 1.54) is 142 Å². The van der Waals surface area contributed by atoms with E-state index in [2.05, 4.69) is 124 Å². The predicted octanol–water partition coefficient (Wildman–Crippen LogP) is 12.7. The van der Waals surface area contributed by atoms with Crippen molar-refractivity contribution < 1.29 is 0 Å². The summed E-state index contributed by atoms with van der Waals surface area (Å²) in [6.07, 6.45) is 22.8. The van der Waals surface area contributed by atoms with E-state index in [1.54, 1.807) is 0 Å². The van der Waals surface area contributed by atoms with Crippen molar-refractivity contribution in [1.29, 1.82) is 0 Å². The van der Waals surface area contributed by atoms with Crippen LogP contribution in [0.1, 0.15) is 200 Å². The molecule has 0 aromatic heterocycles. The van der Waals surface area contributed by atoms with Crippen molar-refractivity contribution in [2.24, 2.45) is 17.8 Å². The van der Waals surface area contributed by atoms with Crippen molar-refractivity contribution in [2.45, 2.75) is 224 Å². The van der Waals surface area contributed by atoms with Crippen molar-refractivity contribution in [3.05, 3.63) is 0 Å². The molecule has 298 valence electrons. The Balaban J connectivity index is 0. The highest BCUT2D eigenvalue weighted by Crippen LogP contribution is 2.28. The van der Waals surface area contributed by atoms with Crippen LogP contribution in [0.15, 0.2) is 0 Å². The quantitative estimate of drug-likeness (QED) is 0.126. The van der Waals surface area contributed by atoms with Gasteiger partial charge in [-0.3, -0.25) is 4.90 Å². The predicted molar refractivity (Wildman–Crippen MR) is 226 cm³/mol. The molecule has 0 unspecified atom stereocenters. The lowest BCUT2D eigenvalue weighted by Gasteiger charge is -2.39. The van der Waals surface area contributed by atoms with Gasteiger partial charge in [0.25, 0.3) is 0 Å². The molecule has 0 aromatic rings. The summed E-state index contributed by atoms with van der Waals surface area (Å²) in [5.74, 6) is 2.37. The molecule has 0 N–H and O–H groups in total. The van der Waals surface area contributed by atoms with Crippen molar-refractivity contribution in [3.63, 3.8) is 0 Å². The van der Waals surface area contributed by atoms with Crippen LogP contribution in [-0.2, 0) is 0 Å². The molecule has 0 saturated heterocycles. The highest BCUT2D eigenvalue weighted by atomic mass is 15.2. The van der Waals surface area contributed by atoms with E-state index in [4.69, 9.17) is 0 Å². The maximum absolute atomic E-state index is 2.72. The summed E-state index contributed by atoms with van der Waals surface area (Å²) in [5, 5.41) is 0. The molecule has 0 atom stereocenters. The smallest absolute Gasteiger partial charge is 0.00951 e. The molecule has 0 bridgehead atoms. The van der Waals surface area contributed by atoms with Gasteiger partial charge in [0.05, 0.1) is 0 Å². The van der Waals surface area contributed by atoms with Gasteiger partial charge in [0.1, 0.15) is 0 Å². The van der Waals surface area contributed by atoms with Crippen LogP contribution in [0.25, 0.3) is 0 Å². The van der Waals surface area contributed by atoms with Crippen molar-refractivity contribution >= 4 is 0 Å². The van der Waals surface area contributed by atoms with Crippen LogP contribution < -0.4 is 0 Å². The molecular formula is C45H98N4. The topological polar surface area (TPSA) is 13.0 Å². The zero-order chi connectivity index (χ0) is 37.6. The highest BCUT2D eigenvalue weighted by molar-refractivity contribution is 4.81. The number of hydrogen-bond donors (Lipinski definition) is 0. The third-order valence-corrected chi connectivity index (χ3v) is 10.3. The van der Waals surface area contributed by atoms with Gasteiger partial charge in [-0.05, 0) is 124 Å². The summed E-state index contributed by atoms with van der Waals surface area (Å²) in [7, 11) is 2.38. The van der Waals surface area contributed by atoms with Crippen molar-refractivity contribution in [2.75, 3.05) is 52.9 Å². The number of unbranched alkanes of at least 4 members (excludes halogenated alkanes) is 3. The van der Waals surface area contributed by atoms with Gasteiger partial charge in [0.15, 0.2) is 0 Å². The molecule has 0 radical (unpaired) electrons. The van der Waals surface area contributed by atoms with E-state index in [0.29, 0.717) is 12.1 Å². The molecule has 2 fully saturated rings. The fraction of sp³-hybridized carbons (Fsp3) is 1.00. The van der Waals surface area contributed by atoms with E-state index < -0.39 is 0 Å². The average molecular weight is 695 g/mol. The molecule has 0 spiro atoms. The first-order valence-corrected chi connectivity index (χ1v) is 22.2. The van der Waals surface area contributed by atoms with E-state index in [9.17, 15) is 0 Å². The third kappa shape index (κ3) is 30.0. The molecule has 49 heavy (non-hydrogen) atoms. The lowest BCUT2D eigenvalue weighted by atomic mass is 9.89. The Morgan fingerprint density at radius 2 is 0.755 bits per heavy atom. The zero-order valence-electron chi connectivity index (χ0n) is 37.1. The SMILES string of the molecule is CC(C)CN(CC(C)C)CC(C)C.CCCCN(CCCC)CCCC.CCN(C(C)C)C(C)C.CN(C1CCCCC1)C1CCCCC1. The molecular weight excluding hydrogens is 597 g/mol. The number of hydrogen-bond acceptors (Lipinski definition) is 4. The monoisotopic (exact) mass is 695 g/mol. The minimum atomic E-state index is 0.690. The summed E-state index contributed by atoms with van der Waals surface area (Å²) in [6, 6.07) is 3.23. The Kier molecular flexibility index (Phi) is 35.0. The van der Waals surface area contributed by atoms with Gasteiger partial charge >= 0.3 is 0 Å². The van der Waals surface area contributed by atoms with Crippen LogP contribution in [-0.4, -0.2) is 96.6 Å². The standard InChI is InChI=1S/C13H25N.2C12H27N.C8H19N/c1-14(12-8-4-2-5-9-12)13-10-6-3-7-11-13;1-10(2)7-13(8-11(3)4)9-12(5)6;1-4-7-10-13(11-8-5-2)12-9-6-3;1-6-9(7(2)3)8(4)5/h12-13H,2-11H2,1H3;10-12H,7-9H2,1-6H3;4-12H2,1-3H3;7-8H,6H2,1-5H3. The van der Waals surface area contributed by atoms with Gasteiger partial charge in [0.2, 0.25) is 0 Å². The average Bonchev–Trinajstić information content (AvgIpc) is 3.05. The van der Waals surface area contributed by atoms with E-state index in [0.717, 1.165) is 36.4 Å². The maximum Gasteiger partial charge on any atom is 0.00951 e. The number of rotatable bonds is 20. The molecule has 2 aliphatic rings. The van der Waals surface area contributed by atoms with E-state index >= 15 is 0 Å². The van der Waals surface area contributed by atoms with E-state index in [1.807, 2.05) is 0 Å². The fourth-order valence-electron chi connectivity index (χ4n) is 7.85. The van der Waals surface area contributed by atoms with Crippen LogP contribution in [0.5, 0.6) is 0 Å². The molecule has 4 nitrogen and oxygen atoms in total. The van der Waals surface area contributed by atoms with Gasteiger partial charge in [-0.2, -0.15) is 0 Å². The van der Waals surface area contributed by atoms with Crippen molar-refractivity contribution in [3.8, 4) is 0 Å². The molecule has 0 heterocycles. The summed E-state index contributed by atoms with van der Waals surface area (Å²) in [4.78, 5) is 10.4. The second-order valence-corrected chi connectivity index (χ2v) is 17.6. The Hall–Kier alpha value is -0.160. The Morgan fingerprint density at radius 1 is 0.449 bits per heavy atom. The summed E-state index contributed by atoms with van der Waals surface area (Å²) in [6.45, 7) is 40.6. The molecule has 2 saturated carbocycles. The lowest BCUT2D eigenvalue weighted by Crippen LogP contribution is -2.42. The van der Waals surface area contributed by atoms with E-state index in [-0.39, 0.29) is 0 Å². The number of nitrogens with zero attached hydrogens (tertiary/aromatic N) is 4. The molecule has 4 heteroatoms. The molecule has 0 aliphatic heterocycles. The minimum Gasteiger partial charge on any atom is -0.303 e. The van der Waals surface area contributed by atoms with Crippen LogP contribution in [0.2, 0.25) is 0 Å². The van der Waals surface area contributed by atoms with Gasteiger partial charge in [-0.15, -0.1) is 0 Å². The maximum atomic E-state index is 2.72. The summed E-state index contributed by atoms with van der Waals surface area (Å²) in [5.41, 5.74) is 0. The van der Waals surface area contributed by atoms with Crippen LogP contribution >= 0.6 is 0 Å². The van der Waals surface area contributed by atoms with Crippen molar-refractivity contribution in [1.82, 2.24) is 19.6 Å². The van der Waals surface area contributed by atoms with Gasteiger partial charge in [0, 0.05) is 43.8 Å². The first-order chi connectivity index (χ1) is 23.2. The Bertz CT molecular complexity index is 580. The second kappa shape index (κ2) is 33.7. The summed E-state index contributed by atoms with van der Waals surface area (Å²) < 4.78 is 0. The normalized spacial score (nSPS) is 16.2. The molecule has 0 aromatic carbocycles. The molecule has 2 aliphatic carbocycles. The van der Waals surface area contributed by atoms with Gasteiger partial charge in [-0.1, -0.05) is 127 Å². The lowest BCUT2D eigenvalue weighted by molar-refractivity contribution is 0.111. The zero-order valence-corrected chi connectivity index (χ0v) is 37.1. The largest absolute Gasteiger partial charge is 0.303 e. The first-order valence-electron chi connectivity index (χ1n) is 22.2. The fourth-order valence-corrected chi connectivity index (χ4v) is 7.85. The Morgan fingerprint density at radius 3 is 0.959 bits per heavy atom.